The van der Waals surface area contributed by atoms with E-state index in [1.54, 1.807) is 44.2 Å². The molecule has 0 aromatic heterocycles. The predicted octanol–water partition coefficient (Wildman–Crippen LogP) is 1.65. The maximum Gasteiger partial charge on any atom is 0.321 e. The molecule has 0 aliphatic heterocycles. The van der Waals surface area contributed by atoms with Gasteiger partial charge in [0.1, 0.15) is 0 Å². The Morgan fingerprint density at radius 1 is 1.10 bits per heavy atom. The fourth-order valence-corrected chi connectivity index (χ4v) is 2.35. The number of hydrogen-bond donors (Lipinski definition) is 3. The largest absolute Gasteiger partial charge is 0.480 e. The number of aliphatic hydroxyl groups excluding tert-OH is 1. The summed E-state index contributed by atoms with van der Waals surface area (Å²) in [7, 11) is 0. The van der Waals surface area contributed by atoms with Crippen LogP contribution in [0.4, 0.5) is 0 Å². The van der Waals surface area contributed by atoms with Gasteiger partial charge in [0.15, 0.2) is 5.41 Å². The summed E-state index contributed by atoms with van der Waals surface area (Å²) in [6, 6.07) is 8.67. The van der Waals surface area contributed by atoms with Crippen molar-refractivity contribution in [2.24, 2.45) is 17.3 Å². The Hall–Kier alpha value is -1.88. The standard InChI is InChI=1S/C15H20O5/c1-10(9-16)11(2)15(13(17)18,14(19)20)8-12-6-4-3-5-7-12/h3-7,10-11,16H,8-9H2,1-2H3,(H,17,18)(H,19,20). The van der Waals surface area contributed by atoms with Gasteiger partial charge in [-0.05, 0) is 23.8 Å². The summed E-state index contributed by atoms with van der Waals surface area (Å²) < 4.78 is 0. The van der Waals surface area contributed by atoms with Gasteiger partial charge in [-0.3, -0.25) is 9.59 Å². The molecule has 5 heteroatoms. The van der Waals surface area contributed by atoms with Gasteiger partial charge in [0.25, 0.3) is 0 Å². The Balaban J connectivity index is 3.25. The number of aliphatic carboxylic acids is 2. The Bertz CT molecular complexity index is 454. The highest BCUT2D eigenvalue weighted by Crippen LogP contribution is 2.37. The molecule has 0 bridgehead atoms. The normalized spacial score (nSPS) is 14.6. The van der Waals surface area contributed by atoms with E-state index < -0.39 is 29.2 Å². The van der Waals surface area contributed by atoms with Crippen molar-refractivity contribution in [2.45, 2.75) is 20.3 Å². The van der Waals surface area contributed by atoms with Crippen molar-refractivity contribution in [3.63, 3.8) is 0 Å². The zero-order valence-corrected chi connectivity index (χ0v) is 11.6. The molecule has 1 aromatic rings. The number of carbonyl (C=O) groups is 2. The smallest absolute Gasteiger partial charge is 0.321 e. The number of carboxylic acids is 2. The minimum absolute atomic E-state index is 0.107. The van der Waals surface area contributed by atoms with E-state index in [0.29, 0.717) is 5.56 Å². The van der Waals surface area contributed by atoms with Gasteiger partial charge in [-0.2, -0.15) is 0 Å². The predicted molar refractivity (Wildman–Crippen MR) is 73.3 cm³/mol. The molecule has 2 unspecified atom stereocenters. The van der Waals surface area contributed by atoms with Crippen LogP contribution in [0.25, 0.3) is 0 Å². The summed E-state index contributed by atoms with van der Waals surface area (Å²) in [5.74, 6) is -3.88. The average Bonchev–Trinajstić information content (AvgIpc) is 2.43. The lowest BCUT2D eigenvalue weighted by Crippen LogP contribution is -2.49. The van der Waals surface area contributed by atoms with E-state index in [0.717, 1.165) is 0 Å². The Labute approximate surface area is 117 Å². The van der Waals surface area contributed by atoms with Crippen LogP contribution in [-0.2, 0) is 16.0 Å². The topological polar surface area (TPSA) is 94.8 Å². The first-order valence-electron chi connectivity index (χ1n) is 6.47. The minimum atomic E-state index is -1.94. The van der Waals surface area contributed by atoms with E-state index in [1.165, 1.54) is 0 Å². The molecular weight excluding hydrogens is 260 g/mol. The maximum atomic E-state index is 11.7. The van der Waals surface area contributed by atoms with Gasteiger partial charge < -0.3 is 15.3 Å². The minimum Gasteiger partial charge on any atom is -0.480 e. The van der Waals surface area contributed by atoms with E-state index >= 15 is 0 Å². The van der Waals surface area contributed by atoms with E-state index in [1.807, 2.05) is 0 Å². The van der Waals surface area contributed by atoms with Crippen molar-refractivity contribution in [1.82, 2.24) is 0 Å². The average molecular weight is 280 g/mol. The summed E-state index contributed by atoms with van der Waals surface area (Å²) in [6.07, 6.45) is -0.107. The molecular formula is C15H20O5. The third kappa shape index (κ3) is 2.99. The van der Waals surface area contributed by atoms with Gasteiger partial charge in [0.2, 0.25) is 0 Å². The fraction of sp³-hybridized carbons (Fsp3) is 0.467. The second-order valence-electron chi connectivity index (χ2n) is 5.19. The van der Waals surface area contributed by atoms with Crippen LogP contribution in [0.2, 0.25) is 0 Å². The molecule has 0 amide bonds. The molecule has 0 spiro atoms. The van der Waals surface area contributed by atoms with Gasteiger partial charge in [-0.1, -0.05) is 44.2 Å². The van der Waals surface area contributed by atoms with Crippen molar-refractivity contribution < 1.29 is 24.9 Å². The second kappa shape index (κ2) is 6.52. The molecule has 2 atom stereocenters. The molecule has 3 N–H and O–H groups in total. The van der Waals surface area contributed by atoms with E-state index in [2.05, 4.69) is 0 Å². The molecule has 0 heterocycles. The third-order valence-electron chi connectivity index (χ3n) is 4.01. The molecule has 1 rings (SSSR count). The summed E-state index contributed by atoms with van der Waals surface area (Å²) in [5.41, 5.74) is -1.29. The lowest BCUT2D eigenvalue weighted by molar-refractivity contribution is -0.171. The molecule has 0 aliphatic rings. The first-order valence-corrected chi connectivity index (χ1v) is 6.47. The summed E-state index contributed by atoms with van der Waals surface area (Å²) in [5, 5.41) is 28.2. The first kappa shape index (κ1) is 16.2. The monoisotopic (exact) mass is 280 g/mol. The van der Waals surface area contributed by atoms with Crippen LogP contribution in [0.5, 0.6) is 0 Å². The van der Waals surface area contributed by atoms with E-state index in [9.17, 15) is 24.9 Å². The number of carboxylic acid groups (broad SMARTS) is 2. The van der Waals surface area contributed by atoms with Crippen molar-refractivity contribution in [3.8, 4) is 0 Å². The summed E-state index contributed by atoms with van der Waals surface area (Å²) in [6.45, 7) is 2.96. The first-order chi connectivity index (χ1) is 9.36. The highest BCUT2D eigenvalue weighted by molar-refractivity contribution is 5.99. The van der Waals surface area contributed by atoms with Crippen LogP contribution < -0.4 is 0 Å². The molecule has 20 heavy (non-hydrogen) atoms. The van der Waals surface area contributed by atoms with Crippen molar-refractivity contribution in [3.05, 3.63) is 35.9 Å². The van der Waals surface area contributed by atoms with Crippen LogP contribution in [0.3, 0.4) is 0 Å². The van der Waals surface area contributed by atoms with Gasteiger partial charge in [-0.15, -0.1) is 0 Å². The second-order valence-corrected chi connectivity index (χ2v) is 5.19. The van der Waals surface area contributed by atoms with Crippen LogP contribution in [0.1, 0.15) is 19.4 Å². The molecule has 110 valence electrons. The summed E-state index contributed by atoms with van der Waals surface area (Å²) >= 11 is 0. The molecule has 0 aliphatic carbocycles. The summed E-state index contributed by atoms with van der Waals surface area (Å²) in [4.78, 5) is 23.3. The van der Waals surface area contributed by atoms with Crippen molar-refractivity contribution in [2.75, 3.05) is 6.61 Å². The van der Waals surface area contributed by atoms with Crippen LogP contribution >= 0.6 is 0 Å². The molecule has 0 saturated heterocycles. The van der Waals surface area contributed by atoms with E-state index in [-0.39, 0.29) is 13.0 Å². The molecule has 0 saturated carbocycles. The number of hydrogen-bond acceptors (Lipinski definition) is 3. The third-order valence-corrected chi connectivity index (χ3v) is 4.01. The number of aliphatic hydroxyl groups is 1. The van der Waals surface area contributed by atoms with Gasteiger partial charge in [-0.25, -0.2) is 0 Å². The molecule has 1 aromatic carbocycles. The van der Waals surface area contributed by atoms with Gasteiger partial charge in [0, 0.05) is 6.61 Å². The van der Waals surface area contributed by atoms with Crippen LogP contribution in [0.15, 0.2) is 30.3 Å². The SMILES string of the molecule is CC(CO)C(C)C(Cc1ccccc1)(C(=O)O)C(=O)O. The Kier molecular flexibility index (Phi) is 5.27. The fourth-order valence-electron chi connectivity index (χ4n) is 2.35. The Morgan fingerprint density at radius 3 is 2.00 bits per heavy atom. The lowest BCUT2D eigenvalue weighted by Gasteiger charge is -2.34. The van der Waals surface area contributed by atoms with Gasteiger partial charge in [0.05, 0.1) is 0 Å². The molecule has 0 radical (unpaired) electrons. The van der Waals surface area contributed by atoms with E-state index in [4.69, 9.17) is 0 Å². The zero-order chi connectivity index (χ0) is 15.3. The zero-order valence-electron chi connectivity index (χ0n) is 11.6. The highest BCUT2D eigenvalue weighted by Gasteiger charge is 2.52. The van der Waals surface area contributed by atoms with Crippen LogP contribution in [0, 0.1) is 17.3 Å². The number of benzene rings is 1. The van der Waals surface area contributed by atoms with Crippen molar-refractivity contribution in [1.29, 1.82) is 0 Å². The molecule has 0 fully saturated rings. The lowest BCUT2D eigenvalue weighted by atomic mass is 9.67. The molecule has 5 nitrogen and oxygen atoms in total. The maximum absolute atomic E-state index is 11.7. The van der Waals surface area contributed by atoms with Crippen LogP contribution in [-0.4, -0.2) is 33.9 Å². The quantitative estimate of drug-likeness (QED) is 0.660. The highest BCUT2D eigenvalue weighted by atomic mass is 16.4. The number of rotatable bonds is 7. The Morgan fingerprint density at radius 2 is 1.60 bits per heavy atom. The van der Waals surface area contributed by atoms with Gasteiger partial charge >= 0.3 is 11.9 Å². The van der Waals surface area contributed by atoms with Crippen molar-refractivity contribution >= 4 is 11.9 Å².